The van der Waals surface area contributed by atoms with Gasteiger partial charge in [-0.25, -0.2) is 9.98 Å². The van der Waals surface area contributed by atoms with Crippen LogP contribution in [0.15, 0.2) is 71.9 Å². The Morgan fingerprint density at radius 3 is 2.64 bits per heavy atom. The van der Waals surface area contributed by atoms with E-state index in [4.69, 9.17) is 0 Å². The summed E-state index contributed by atoms with van der Waals surface area (Å²) >= 11 is 0. The summed E-state index contributed by atoms with van der Waals surface area (Å²) < 4.78 is 0. The maximum absolute atomic E-state index is 12.4. The molecule has 0 aliphatic carbocycles. The number of nitrogens with one attached hydrogen (secondary N) is 3. The number of rotatable bonds is 9. The Hall–Kier alpha value is -3.61. The Kier molecular flexibility index (Phi) is 7.74. The highest BCUT2D eigenvalue weighted by atomic mass is 16.2. The van der Waals surface area contributed by atoms with Crippen LogP contribution in [0.25, 0.3) is 11.3 Å². The topological polar surface area (TPSA) is 85.4 Å². The van der Waals surface area contributed by atoms with Gasteiger partial charge in [0, 0.05) is 38.5 Å². The van der Waals surface area contributed by atoms with Gasteiger partial charge in [0.1, 0.15) is 12.4 Å². The van der Waals surface area contributed by atoms with Crippen LogP contribution in [0.1, 0.15) is 24.7 Å². The van der Waals surface area contributed by atoms with Crippen molar-refractivity contribution in [2.24, 2.45) is 10.9 Å². The van der Waals surface area contributed by atoms with Crippen LogP contribution < -0.4 is 10.6 Å². The summed E-state index contributed by atoms with van der Waals surface area (Å²) in [6, 6.07) is 20.5. The van der Waals surface area contributed by atoms with Crippen LogP contribution in [0.5, 0.6) is 0 Å². The average Bonchev–Trinajstić information content (AvgIpc) is 3.47. The van der Waals surface area contributed by atoms with E-state index in [1.807, 2.05) is 54.4 Å². The van der Waals surface area contributed by atoms with E-state index in [9.17, 15) is 4.79 Å². The van der Waals surface area contributed by atoms with Crippen LogP contribution in [0, 0.1) is 5.92 Å². The average molecular weight is 445 g/mol. The number of benzene rings is 2. The largest absolute Gasteiger partial charge is 0.357 e. The molecule has 1 aliphatic heterocycles. The van der Waals surface area contributed by atoms with Gasteiger partial charge < -0.3 is 20.5 Å². The lowest BCUT2D eigenvalue weighted by molar-refractivity contribution is -0.127. The van der Waals surface area contributed by atoms with Gasteiger partial charge in [0.05, 0.1) is 11.9 Å². The van der Waals surface area contributed by atoms with Gasteiger partial charge in [0.2, 0.25) is 5.91 Å². The lowest BCUT2D eigenvalue weighted by Crippen LogP contribution is -2.40. The predicted octanol–water partition coefficient (Wildman–Crippen LogP) is 3.22. The van der Waals surface area contributed by atoms with E-state index in [0.717, 1.165) is 49.1 Å². The molecule has 1 fully saturated rings. The zero-order valence-electron chi connectivity index (χ0n) is 19.1. The van der Waals surface area contributed by atoms with E-state index in [0.29, 0.717) is 19.5 Å². The van der Waals surface area contributed by atoms with Crippen LogP contribution in [-0.4, -0.2) is 52.9 Å². The quantitative estimate of drug-likeness (QED) is 0.349. The van der Waals surface area contributed by atoms with Gasteiger partial charge in [0.15, 0.2) is 5.96 Å². The molecule has 1 atom stereocenters. The van der Waals surface area contributed by atoms with Crippen molar-refractivity contribution < 1.29 is 4.79 Å². The molecule has 0 spiro atoms. The number of imidazole rings is 1. The molecule has 1 aliphatic rings. The minimum absolute atomic E-state index is 0.240. The summed E-state index contributed by atoms with van der Waals surface area (Å²) in [7, 11) is 0. The fraction of sp³-hybridized carbons (Fsp3) is 0.346. The molecular formula is C26H32N6O. The second-order valence-electron chi connectivity index (χ2n) is 8.33. The number of likely N-dealkylation sites (tertiary alicyclic amines) is 1. The number of amides is 1. The number of aromatic amines is 1. The van der Waals surface area contributed by atoms with Crippen molar-refractivity contribution in [2.45, 2.75) is 26.3 Å². The number of guanidine groups is 1. The summed E-state index contributed by atoms with van der Waals surface area (Å²) in [6.07, 6.45) is 3.32. The standard InChI is InChI=1S/C26H32N6O/c1-2-27-26(30-18-24-28-17-23(31-24)22-11-7-4-8-12-22)29-16-21-15-25(33)32(19-21)14-13-20-9-5-3-6-10-20/h3-12,17,21H,2,13-16,18-19H2,1H3,(H,28,31)(H2,27,29,30). The Balaban J connectivity index is 1.27. The van der Waals surface area contributed by atoms with E-state index in [1.165, 1.54) is 5.56 Å². The molecule has 3 aromatic rings. The van der Waals surface area contributed by atoms with Gasteiger partial charge in [-0.1, -0.05) is 60.7 Å². The molecular weight excluding hydrogens is 412 g/mol. The molecule has 1 saturated heterocycles. The van der Waals surface area contributed by atoms with Gasteiger partial charge in [-0.2, -0.15) is 0 Å². The van der Waals surface area contributed by atoms with Crippen molar-refractivity contribution in [1.82, 2.24) is 25.5 Å². The third-order valence-corrected chi connectivity index (χ3v) is 5.81. The van der Waals surface area contributed by atoms with Crippen molar-refractivity contribution in [3.63, 3.8) is 0 Å². The number of aromatic nitrogens is 2. The summed E-state index contributed by atoms with van der Waals surface area (Å²) in [5, 5.41) is 6.69. The van der Waals surface area contributed by atoms with Crippen molar-refractivity contribution >= 4 is 11.9 Å². The van der Waals surface area contributed by atoms with E-state index < -0.39 is 0 Å². The molecule has 0 radical (unpaired) electrons. The maximum atomic E-state index is 12.4. The number of aliphatic imine (C=N–C) groups is 1. The summed E-state index contributed by atoms with van der Waals surface area (Å²) in [5.41, 5.74) is 3.36. The molecule has 3 N–H and O–H groups in total. The van der Waals surface area contributed by atoms with Crippen molar-refractivity contribution in [3.8, 4) is 11.3 Å². The normalized spacial score (nSPS) is 16.3. The van der Waals surface area contributed by atoms with Gasteiger partial charge in [0.25, 0.3) is 0 Å². The third-order valence-electron chi connectivity index (χ3n) is 5.81. The number of carbonyl (C=O) groups excluding carboxylic acids is 1. The van der Waals surface area contributed by atoms with Crippen LogP contribution in [0.3, 0.4) is 0 Å². The first-order chi connectivity index (χ1) is 16.2. The summed E-state index contributed by atoms with van der Waals surface area (Å²) in [4.78, 5) is 26.9. The summed E-state index contributed by atoms with van der Waals surface area (Å²) in [6.45, 7) is 5.54. The van der Waals surface area contributed by atoms with Crippen LogP contribution in [0.2, 0.25) is 0 Å². The van der Waals surface area contributed by atoms with Gasteiger partial charge in [-0.15, -0.1) is 0 Å². The molecule has 0 saturated carbocycles. The second kappa shape index (κ2) is 11.3. The van der Waals surface area contributed by atoms with Crippen LogP contribution in [-0.2, 0) is 17.8 Å². The number of hydrogen-bond acceptors (Lipinski definition) is 3. The number of H-pyrrole nitrogens is 1. The highest BCUT2D eigenvalue weighted by molar-refractivity contribution is 5.81. The van der Waals surface area contributed by atoms with Crippen molar-refractivity contribution in [2.75, 3.05) is 26.2 Å². The summed E-state index contributed by atoms with van der Waals surface area (Å²) in [5.74, 6) is 2.08. The van der Waals surface area contributed by atoms with Gasteiger partial charge >= 0.3 is 0 Å². The molecule has 2 heterocycles. The zero-order valence-corrected chi connectivity index (χ0v) is 19.1. The fourth-order valence-corrected chi connectivity index (χ4v) is 4.06. The molecule has 2 aromatic carbocycles. The Morgan fingerprint density at radius 1 is 1.12 bits per heavy atom. The van der Waals surface area contributed by atoms with Crippen LogP contribution >= 0.6 is 0 Å². The van der Waals surface area contributed by atoms with E-state index in [1.54, 1.807) is 0 Å². The smallest absolute Gasteiger partial charge is 0.223 e. The number of carbonyl (C=O) groups is 1. The number of hydrogen-bond donors (Lipinski definition) is 3. The Bertz CT molecular complexity index is 1050. The highest BCUT2D eigenvalue weighted by Crippen LogP contribution is 2.18. The van der Waals surface area contributed by atoms with E-state index in [2.05, 4.69) is 49.9 Å². The van der Waals surface area contributed by atoms with Crippen LogP contribution in [0.4, 0.5) is 0 Å². The van der Waals surface area contributed by atoms with Gasteiger partial charge in [-0.05, 0) is 24.5 Å². The third kappa shape index (κ3) is 6.44. The SMILES string of the molecule is CCNC(=NCc1ncc(-c2ccccc2)[nH]1)NCC1CC(=O)N(CCc2ccccc2)C1. The molecule has 33 heavy (non-hydrogen) atoms. The molecule has 1 unspecified atom stereocenters. The monoisotopic (exact) mass is 444 g/mol. The lowest BCUT2D eigenvalue weighted by atomic mass is 10.1. The minimum Gasteiger partial charge on any atom is -0.357 e. The Labute approximate surface area is 195 Å². The molecule has 172 valence electrons. The molecule has 7 nitrogen and oxygen atoms in total. The molecule has 4 rings (SSSR count). The van der Waals surface area contributed by atoms with Crippen molar-refractivity contribution in [1.29, 1.82) is 0 Å². The van der Waals surface area contributed by atoms with Gasteiger partial charge in [-0.3, -0.25) is 4.79 Å². The molecule has 1 aromatic heterocycles. The minimum atomic E-state index is 0.240. The predicted molar refractivity (Wildman–Crippen MR) is 132 cm³/mol. The first-order valence-electron chi connectivity index (χ1n) is 11.6. The van der Waals surface area contributed by atoms with E-state index in [-0.39, 0.29) is 11.8 Å². The second-order valence-corrected chi connectivity index (χ2v) is 8.33. The first-order valence-corrected chi connectivity index (χ1v) is 11.6. The molecule has 7 heteroatoms. The molecule has 0 bridgehead atoms. The lowest BCUT2D eigenvalue weighted by Gasteiger charge is -2.18. The van der Waals surface area contributed by atoms with Crippen molar-refractivity contribution in [3.05, 3.63) is 78.2 Å². The fourth-order valence-electron chi connectivity index (χ4n) is 4.06. The molecule has 1 amide bonds. The maximum Gasteiger partial charge on any atom is 0.223 e. The van der Waals surface area contributed by atoms with E-state index >= 15 is 0 Å². The zero-order chi connectivity index (χ0) is 22.9. The first kappa shape index (κ1) is 22.6. The highest BCUT2D eigenvalue weighted by Gasteiger charge is 2.29. The number of nitrogens with zero attached hydrogens (tertiary/aromatic N) is 3. The Morgan fingerprint density at radius 2 is 1.88 bits per heavy atom.